The molecule has 0 aliphatic carbocycles. The van der Waals surface area contributed by atoms with E-state index in [2.05, 4.69) is 21.1 Å². The molecular weight excluding hydrogens is 234 g/mol. The molecule has 0 spiro atoms. The van der Waals surface area contributed by atoms with Gasteiger partial charge in [0, 0.05) is 26.3 Å². The summed E-state index contributed by atoms with van der Waals surface area (Å²) in [6.07, 6.45) is 2.59. The Morgan fingerprint density at radius 1 is 1.67 bits per heavy atom. The molecule has 0 saturated carbocycles. The third kappa shape index (κ3) is 5.33. The van der Waals surface area contributed by atoms with Gasteiger partial charge in [0.2, 0.25) is 11.9 Å². The van der Waals surface area contributed by atoms with E-state index in [1.165, 1.54) is 0 Å². The lowest BCUT2D eigenvalue weighted by Crippen LogP contribution is -2.54. The largest absolute Gasteiger partial charge is 0.382 e. The zero-order valence-corrected chi connectivity index (χ0v) is 10.9. The fourth-order valence-corrected chi connectivity index (χ4v) is 1.71. The van der Waals surface area contributed by atoms with E-state index in [1.807, 2.05) is 6.92 Å². The fourth-order valence-electron chi connectivity index (χ4n) is 1.71. The molecule has 0 aromatic rings. The van der Waals surface area contributed by atoms with Gasteiger partial charge in [0.1, 0.15) is 6.04 Å². The molecule has 1 atom stereocenters. The van der Waals surface area contributed by atoms with E-state index in [-0.39, 0.29) is 11.9 Å². The second-order valence-electron chi connectivity index (χ2n) is 4.06. The number of guanidine groups is 1. The van der Waals surface area contributed by atoms with Crippen molar-refractivity contribution in [2.75, 3.05) is 26.3 Å². The number of hydrogen-bond acceptors (Lipinski definition) is 4. The van der Waals surface area contributed by atoms with Crippen molar-refractivity contribution >= 4 is 11.9 Å². The topological polar surface area (TPSA) is 101 Å². The highest BCUT2D eigenvalue weighted by atomic mass is 16.5. The van der Waals surface area contributed by atoms with Crippen molar-refractivity contribution < 1.29 is 9.53 Å². The molecule has 0 aromatic carbocycles. The Bertz CT molecular complexity index is 283. The Labute approximate surface area is 108 Å². The minimum atomic E-state index is -0.250. The number of ether oxygens (including phenoxy) is 1. The van der Waals surface area contributed by atoms with Crippen LogP contribution in [0.3, 0.4) is 0 Å². The molecule has 5 N–H and O–H groups in total. The van der Waals surface area contributed by atoms with E-state index >= 15 is 0 Å². The van der Waals surface area contributed by atoms with E-state index in [0.29, 0.717) is 25.7 Å². The first-order valence-electron chi connectivity index (χ1n) is 6.41. The molecule has 7 nitrogen and oxygen atoms in total. The molecule has 1 aliphatic rings. The second kappa shape index (κ2) is 8.71. The number of carbonyl (C=O) groups excluding carboxylic acids is 1. The van der Waals surface area contributed by atoms with Crippen LogP contribution < -0.4 is 21.9 Å². The number of nitrogens with zero attached hydrogens (tertiary/aromatic N) is 1. The Morgan fingerprint density at radius 3 is 3.17 bits per heavy atom. The van der Waals surface area contributed by atoms with Crippen molar-refractivity contribution in [2.24, 2.45) is 10.8 Å². The Balaban J connectivity index is 2.30. The van der Waals surface area contributed by atoms with Gasteiger partial charge in [-0.15, -0.1) is 0 Å². The highest BCUT2D eigenvalue weighted by Crippen LogP contribution is 2.02. The van der Waals surface area contributed by atoms with Gasteiger partial charge in [0.05, 0.1) is 0 Å². The van der Waals surface area contributed by atoms with E-state index in [1.54, 1.807) is 0 Å². The van der Waals surface area contributed by atoms with Gasteiger partial charge >= 0.3 is 0 Å². The monoisotopic (exact) mass is 257 g/mol. The number of piperidine rings is 1. The van der Waals surface area contributed by atoms with Crippen molar-refractivity contribution in [1.29, 1.82) is 0 Å². The summed E-state index contributed by atoms with van der Waals surface area (Å²) in [7, 11) is 0. The predicted octanol–water partition coefficient (Wildman–Crippen LogP) is -0.899. The molecule has 1 fully saturated rings. The van der Waals surface area contributed by atoms with Crippen molar-refractivity contribution in [3.63, 3.8) is 0 Å². The SMILES string of the molecule is CCOCCCN=C(NN)NC1CCCNC1=O. The number of nitrogens with one attached hydrogen (secondary N) is 3. The number of amides is 1. The summed E-state index contributed by atoms with van der Waals surface area (Å²) < 4.78 is 5.21. The lowest BCUT2D eigenvalue weighted by Gasteiger charge is -2.24. The molecule has 1 unspecified atom stereocenters. The zero-order chi connectivity index (χ0) is 13.2. The average Bonchev–Trinajstić information content (AvgIpc) is 2.39. The van der Waals surface area contributed by atoms with Crippen molar-refractivity contribution in [3.05, 3.63) is 0 Å². The first kappa shape index (κ1) is 14.7. The molecule has 1 heterocycles. The van der Waals surface area contributed by atoms with Gasteiger partial charge in [-0.05, 0) is 26.2 Å². The first-order chi connectivity index (χ1) is 8.77. The molecule has 104 valence electrons. The van der Waals surface area contributed by atoms with Crippen LogP contribution in [0.5, 0.6) is 0 Å². The van der Waals surface area contributed by atoms with Crippen molar-refractivity contribution in [3.8, 4) is 0 Å². The average molecular weight is 257 g/mol. The predicted molar refractivity (Wildman–Crippen MR) is 69.9 cm³/mol. The summed E-state index contributed by atoms with van der Waals surface area (Å²) in [4.78, 5) is 15.8. The van der Waals surface area contributed by atoms with Gasteiger partial charge in [-0.25, -0.2) is 5.84 Å². The highest BCUT2D eigenvalue weighted by molar-refractivity contribution is 5.89. The second-order valence-corrected chi connectivity index (χ2v) is 4.06. The molecule has 0 bridgehead atoms. The van der Waals surface area contributed by atoms with Crippen molar-refractivity contribution in [2.45, 2.75) is 32.2 Å². The van der Waals surface area contributed by atoms with Crippen LogP contribution in [-0.4, -0.2) is 44.2 Å². The van der Waals surface area contributed by atoms with Crippen LogP contribution in [0.15, 0.2) is 4.99 Å². The van der Waals surface area contributed by atoms with Gasteiger partial charge in [-0.2, -0.15) is 0 Å². The lowest BCUT2D eigenvalue weighted by molar-refractivity contribution is -0.124. The number of nitrogens with two attached hydrogens (primary N) is 1. The number of aliphatic imine (C=N–C) groups is 1. The summed E-state index contributed by atoms with van der Waals surface area (Å²) >= 11 is 0. The summed E-state index contributed by atoms with van der Waals surface area (Å²) in [6.45, 7) is 4.71. The maximum absolute atomic E-state index is 11.5. The van der Waals surface area contributed by atoms with Crippen LogP contribution >= 0.6 is 0 Å². The van der Waals surface area contributed by atoms with E-state index < -0.39 is 0 Å². The third-order valence-corrected chi connectivity index (χ3v) is 2.65. The summed E-state index contributed by atoms with van der Waals surface area (Å²) in [5, 5.41) is 5.81. The normalized spacial score (nSPS) is 20.4. The summed E-state index contributed by atoms with van der Waals surface area (Å²) in [5.74, 6) is 5.82. The summed E-state index contributed by atoms with van der Waals surface area (Å²) in [5.41, 5.74) is 2.48. The van der Waals surface area contributed by atoms with Gasteiger partial charge in [-0.3, -0.25) is 15.2 Å². The standard InChI is InChI=1S/C11H23N5O2/c1-2-18-8-4-7-14-11(16-12)15-9-5-3-6-13-10(9)17/h9H,2-8,12H2,1H3,(H,13,17)(H2,14,15,16). The quantitative estimate of drug-likeness (QED) is 0.162. The maximum Gasteiger partial charge on any atom is 0.242 e. The van der Waals surface area contributed by atoms with Gasteiger partial charge in [0.15, 0.2) is 0 Å². The molecule has 7 heteroatoms. The molecule has 1 amide bonds. The van der Waals surface area contributed by atoms with Gasteiger partial charge in [0.25, 0.3) is 0 Å². The number of hydrazine groups is 1. The Hall–Kier alpha value is -1.34. The fraction of sp³-hybridized carbons (Fsp3) is 0.818. The minimum Gasteiger partial charge on any atom is -0.382 e. The molecule has 18 heavy (non-hydrogen) atoms. The molecule has 1 saturated heterocycles. The number of carbonyl (C=O) groups is 1. The van der Waals surface area contributed by atoms with E-state index in [4.69, 9.17) is 10.6 Å². The van der Waals surface area contributed by atoms with Crippen LogP contribution in [0.25, 0.3) is 0 Å². The van der Waals surface area contributed by atoms with Crippen LogP contribution in [0.4, 0.5) is 0 Å². The Morgan fingerprint density at radius 2 is 2.50 bits per heavy atom. The molecule has 1 aliphatic heterocycles. The van der Waals surface area contributed by atoms with Gasteiger partial charge < -0.3 is 15.4 Å². The number of hydrogen-bond donors (Lipinski definition) is 4. The minimum absolute atomic E-state index is 0.00137. The number of rotatable bonds is 6. The zero-order valence-electron chi connectivity index (χ0n) is 10.9. The van der Waals surface area contributed by atoms with E-state index in [9.17, 15) is 4.79 Å². The van der Waals surface area contributed by atoms with Crippen LogP contribution in [-0.2, 0) is 9.53 Å². The van der Waals surface area contributed by atoms with Crippen molar-refractivity contribution in [1.82, 2.24) is 16.1 Å². The smallest absolute Gasteiger partial charge is 0.242 e. The highest BCUT2D eigenvalue weighted by Gasteiger charge is 2.22. The first-order valence-corrected chi connectivity index (χ1v) is 6.41. The lowest BCUT2D eigenvalue weighted by atomic mass is 10.1. The van der Waals surface area contributed by atoms with Gasteiger partial charge in [-0.1, -0.05) is 0 Å². The van der Waals surface area contributed by atoms with E-state index in [0.717, 1.165) is 25.8 Å². The molecule has 1 rings (SSSR count). The maximum atomic E-state index is 11.5. The molecular formula is C11H23N5O2. The summed E-state index contributed by atoms with van der Waals surface area (Å²) in [6, 6.07) is -0.250. The molecule has 0 radical (unpaired) electrons. The van der Waals surface area contributed by atoms with Crippen LogP contribution in [0.2, 0.25) is 0 Å². The third-order valence-electron chi connectivity index (χ3n) is 2.65. The molecule has 0 aromatic heterocycles. The van der Waals surface area contributed by atoms with Crippen LogP contribution in [0.1, 0.15) is 26.2 Å². The van der Waals surface area contributed by atoms with Crippen LogP contribution in [0, 0.1) is 0 Å². The Kier molecular flexibility index (Phi) is 7.12.